The number of hydrogen-bond acceptors (Lipinski definition) is 8. The number of nitrogens with one attached hydrogen (secondary N) is 2. The van der Waals surface area contributed by atoms with Crippen molar-refractivity contribution in [1.82, 2.24) is 20.4 Å². The highest BCUT2D eigenvalue weighted by atomic mass is 16.3. The van der Waals surface area contributed by atoms with Gasteiger partial charge in [0, 0.05) is 97.1 Å². The first kappa shape index (κ1) is 35.7. The van der Waals surface area contributed by atoms with Crippen LogP contribution >= 0.6 is 0 Å². The zero-order valence-corrected chi connectivity index (χ0v) is 30.3. The summed E-state index contributed by atoms with van der Waals surface area (Å²) in [5.41, 5.74) is 6.48. The fraction of sp³-hybridized carbons (Fsp3) is 0.500. The number of benzene rings is 3. The Balaban J connectivity index is 1.66. The van der Waals surface area contributed by atoms with E-state index in [0.29, 0.717) is 35.6 Å². The molecule has 0 spiro atoms. The molecule has 0 saturated carbocycles. The van der Waals surface area contributed by atoms with Crippen LogP contribution in [0, 0.1) is 13.8 Å². The van der Waals surface area contributed by atoms with Gasteiger partial charge < -0.3 is 20.8 Å². The lowest BCUT2D eigenvalue weighted by Crippen LogP contribution is -2.53. The summed E-state index contributed by atoms with van der Waals surface area (Å²) in [5, 5.41) is 30.9. The van der Waals surface area contributed by atoms with Gasteiger partial charge in [-0.1, -0.05) is 24.3 Å². The van der Waals surface area contributed by atoms with E-state index in [-0.39, 0.29) is 34.7 Å². The van der Waals surface area contributed by atoms with Gasteiger partial charge >= 0.3 is 0 Å². The van der Waals surface area contributed by atoms with Gasteiger partial charge in [-0.25, -0.2) is 0 Å². The Hall–Kier alpha value is -3.56. The highest BCUT2D eigenvalue weighted by Crippen LogP contribution is 2.32. The average molecular weight is 653 g/mol. The first-order valence-electron chi connectivity index (χ1n) is 17.5. The van der Waals surface area contributed by atoms with Crippen molar-refractivity contribution in [2.75, 3.05) is 26.2 Å². The number of aromatic hydroxyl groups is 2. The minimum absolute atomic E-state index is 0.102. The van der Waals surface area contributed by atoms with Crippen LogP contribution in [0.15, 0.2) is 58.5 Å². The van der Waals surface area contributed by atoms with E-state index >= 15 is 0 Å². The van der Waals surface area contributed by atoms with E-state index < -0.39 is 0 Å². The van der Waals surface area contributed by atoms with E-state index in [9.17, 15) is 10.2 Å². The van der Waals surface area contributed by atoms with Crippen LogP contribution in [-0.2, 0) is 13.1 Å². The number of fused-ring (bicyclic) bond motifs is 10. The Morgan fingerprint density at radius 1 is 0.667 bits per heavy atom. The number of para-hydroxylation sites is 2. The van der Waals surface area contributed by atoms with Gasteiger partial charge in [0.15, 0.2) is 0 Å². The van der Waals surface area contributed by atoms with Gasteiger partial charge in [0.05, 0.1) is 11.4 Å². The molecule has 0 amide bonds. The number of phenolic OH excluding ortho intramolecular Hbond substituents is 2. The zero-order valence-electron chi connectivity index (χ0n) is 30.3. The average Bonchev–Trinajstić information content (AvgIpc) is 3.00. The normalized spacial score (nSPS) is 25.0. The number of phenols is 2. The highest BCUT2D eigenvalue weighted by molar-refractivity contribution is 5.90. The van der Waals surface area contributed by atoms with Gasteiger partial charge in [-0.3, -0.25) is 19.8 Å². The summed E-state index contributed by atoms with van der Waals surface area (Å²) in [6, 6.07) is 16.4. The smallest absolute Gasteiger partial charge is 0.128 e. The van der Waals surface area contributed by atoms with E-state index in [1.807, 2.05) is 36.4 Å². The molecule has 1 saturated heterocycles. The lowest BCUT2D eigenvalue weighted by Gasteiger charge is -2.40. The number of nitrogens with zero attached hydrogens (tertiary/aromatic N) is 4. The van der Waals surface area contributed by atoms with Crippen LogP contribution in [0.2, 0.25) is 0 Å². The lowest BCUT2D eigenvalue weighted by atomic mass is 9.93. The van der Waals surface area contributed by atoms with Crippen molar-refractivity contribution in [3.05, 3.63) is 81.9 Å². The van der Waals surface area contributed by atoms with Gasteiger partial charge in [0.1, 0.15) is 11.5 Å². The summed E-state index contributed by atoms with van der Waals surface area (Å²) < 4.78 is 0. The van der Waals surface area contributed by atoms with Gasteiger partial charge in [-0.05, 0) is 104 Å². The predicted octanol–water partition coefficient (Wildman–Crippen LogP) is 7.14. The molecule has 3 aromatic carbocycles. The monoisotopic (exact) mass is 652 g/mol. The Morgan fingerprint density at radius 2 is 1.06 bits per heavy atom. The van der Waals surface area contributed by atoms with Crippen LogP contribution in [0.4, 0.5) is 11.4 Å². The molecule has 4 unspecified atom stereocenters. The van der Waals surface area contributed by atoms with Crippen molar-refractivity contribution in [2.24, 2.45) is 9.98 Å². The van der Waals surface area contributed by atoms with E-state index in [4.69, 9.17) is 9.98 Å². The summed E-state index contributed by atoms with van der Waals surface area (Å²) in [5.74, 6) is 0.520. The molecule has 4 atom stereocenters. The molecular weight excluding hydrogens is 596 g/mol. The van der Waals surface area contributed by atoms with E-state index in [0.717, 1.165) is 61.3 Å². The first-order chi connectivity index (χ1) is 22.7. The number of rotatable bonds is 0. The van der Waals surface area contributed by atoms with Crippen molar-refractivity contribution < 1.29 is 10.2 Å². The van der Waals surface area contributed by atoms with Crippen molar-refractivity contribution in [2.45, 2.75) is 104 Å². The molecule has 3 heterocycles. The highest BCUT2D eigenvalue weighted by Gasteiger charge is 2.29. The van der Waals surface area contributed by atoms with E-state index in [1.165, 1.54) is 0 Å². The third-order valence-corrected chi connectivity index (χ3v) is 9.90. The predicted molar refractivity (Wildman–Crippen MR) is 200 cm³/mol. The summed E-state index contributed by atoms with van der Waals surface area (Å²) in [6.45, 7) is 22.5. The minimum atomic E-state index is -0.102. The molecule has 6 rings (SSSR count). The molecule has 1 fully saturated rings. The minimum Gasteiger partial charge on any atom is -0.507 e. The Kier molecular flexibility index (Phi) is 11.1. The fourth-order valence-electron chi connectivity index (χ4n) is 7.47. The van der Waals surface area contributed by atoms with Crippen molar-refractivity contribution in [3.63, 3.8) is 0 Å². The Morgan fingerprint density at radius 3 is 1.46 bits per heavy atom. The van der Waals surface area contributed by atoms with Crippen molar-refractivity contribution in [3.8, 4) is 11.5 Å². The van der Waals surface area contributed by atoms with Crippen LogP contribution in [-0.4, -0.2) is 81.8 Å². The number of aryl methyl sites for hydroxylation is 2. The summed E-state index contributed by atoms with van der Waals surface area (Å²) in [7, 11) is 0. The SMILES string of the molecule is Cc1cc2c(O)c(c1)CN1CCNC(C)(C)CC(C)N(CCNC(C)(C)CC1C)Cc1cc(C)cc(c1O)C=Nc1ccccc1N=C2. The first-order valence-corrected chi connectivity index (χ1v) is 17.5. The molecule has 0 aliphatic carbocycles. The second kappa shape index (κ2) is 14.9. The fourth-order valence-corrected chi connectivity index (χ4v) is 7.47. The second-order valence-electron chi connectivity index (χ2n) is 15.4. The third kappa shape index (κ3) is 9.11. The zero-order chi connectivity index (χ0) is 34.6. The molecule has 8 nitrogen and oxygen atoms in total. The van der Waals surface area contributed by atoms with Crippen molar-refractivity contribution in [1.29, 1.82) is 0 Å². The lowest BCUT2D eigenvalue weighted by molar-refractivity contribution is 0.125. The molecular formula is C40H56N6O2. The maximum Gasteiger partial charge on any atom is 0.128 e. The van der Waals surface area contributed by atoms with E-state index in [1.54, 1.807) is 12.4 Å². The van der Waals surface area contributed by atoms with Crippen LogP contribution in [0.1, 0.15) is 87.8 Å². The molecule has 258 valence electrons. The van der Waals surface area contributed by atoms with Crippen molar-refractivity contribution >= 4 is 23.8 Å². The summed E-state index contributed by atoms with van der Waals surface area (Å²) >= 11 is 0. The summed E-state index contributed by atoms with van der Waals surface area (Å²) in [4.78, 5) is 14.6. The van der Waals surface area contributed by atoms with Gasteiger partial charge in [-0.15, -0.1) is 0 Å². The standard InChI is InChI=1S/C40H56N6O2/c1-27-17-31-23-41-35-11-9-10-12-36(35)42-24-32-18-28(2)20-34(38(32)48)26-46-16-14-44-39(5,6)21-29(3)45(25-33(19-27)37(31)47)15-13-43-40(7,8)22-30(46)4/h9-12,17-20,23-24,29-30,43-44,47-48H,13-16,21-22,25-26H2,1-8H3. The molecule has 48 heavy (non-hydrogen) atoms. The summed E-state index contributed by atoms with van der Waals surface area (Å²) in [6.07, 6.45) is 5.37. The Bertz CT molecular complexity index is 1520. The molecule has 3 aromatic rings. The molecule has 0 aromatic heterocycles. The Labute approximate surface area is 288 Å². The molecule has 4 N–H and O–H groups in total. The third-order valence-electron chi connectivity index (χ3n) is 9.90. The molecule has 6 bridgehead atoms. The molecule has 3 aliphatic heterocycles. The second-order valence-corrected chi connectivity index (χ2v) is 15.4. The molecule has 8 heteroatoms. The maximum atomic E-state index is 11.6. The number of aliphatic imine (C=N–C) groups is 2. The molecule has 3 aliphatic rings. The van der Waals surface area contributed by atoms with Gasteiger partial charge in [0.2, 0.25) is 0 Å². The van der Waals surface area contributed by atoms with Gasteiger partial charge in [0.25, 0.3) is 0 Å². The van der Waals surface area contributed by atoms with Crippen LogP contribution in [0.3, 0.4) is 0 Å². The van der Waals surface area contributed by atoms with Gasteiger partial charge in [-0.2, -0.15) is 0 Å². The largest absolute Gasteiger partial charge is 0.507 e. The van der Waals surface area contributed by atoms with Crippen LogP contribution < -0.4 is 10.6 Å². The topological polar surface area (TPSA) is 95.7 Å². The van der Waals surface area contributed by atoms with Crippen LogP contribution in [0.25, 0.3) is 0 Å². The maximum absolute atomic E-state index is 11.6. The molecule has 0 radical (unpaired) electrons. The van der Waals surface area contributed by atoms with Crippen LogP contribution in [0.5, 0.6) is 11.5 Å². The quantitative estimate of drug-likeness (QED) is 0.206. The van der Waals surface area contributed by atoms with E-state index in [2.05, 4.69) is 88.0 Å². The number of hydrogen-bond donors (Lipinski definition) is 4.